The van der Waals surface area contributed by atoms with E-state index in [9.17, 15) is 13.6 Å². The lowest BCUT2D eigenvalue weighted by atomic mass is 9.93. The smallest absolute Gasteiger partial charge is 0.231 e. The molecular formula is C17H17F2NO. The average molecular weight is 289 g/mol. The summed E-state index contributed by atoms with van der Waals surface area (Å²) in [4.78, 5) is 12.4. The van der Waals surface area contributed by atoms with Gasteiger partial charge < -0.3 is 5.32 Å². The molecule has 1 unspecified atom stereocenters. The molecule has 0 aliphatic heterocycles. The maximum atomic E-state index is 13.6. The summed E-state index contributed by atoms with van der Waals surface area (Å²) in [7, 11) is 0. The van der Waals surface area contributed by atoms with Gasteiger partial charge in [0.1, 0.15) is 11.6 Å². The summed E-state index contributed by atoms with van der Waals surface area (Å²) in [6.45, 7) is 1.99. The summed E-state index contributed by atoms with van der Waals surface area (Å²) in [5, 5.41) is 2.54. The van der Waals surface area contributed by atoms with Gasteiger partial charge in [0, 0.05) is 6.07 Å². The van der Waals surface area contributed by atoms with Crippen molar-refractivity contribution in [3.8, 4) is 0 Å². The molecule has 21 heavy (non-hydrogen) atoms. The minimum Gasteiger partial charge on any atom is -0.323 e. The van der Waals surface area contributed by atoms with E-state index in [4.69, 9.17) is 0 Å². The lowest BCUT2D eigenvalue weighted by Gasteiger charge is -2.17. The molecule has 1 amide bonds. The SMILES string of the molecule is CCCC(C(=O)Nc1ccc(F)cc1F)c1ccccc1. The van der Waals surface area contributed by atoms with E-state index in [2.05, 4.69) is 5.32 Å². The van der Waals surface area contributed by atoms with Gasteiger partial charge in [-0.25, -0.2) is 8.78 Å². The monoisotopic (exact) mass is 289 g/mol. The Morgan fingerprint density at radius 2 is 1.86 bits per heavy atom. The fourth-order valence-electron chi connectivity index (χ4n) is 2.23. The minimum absolute atomic E-state index is 0.00145. The van der Waals surface area contributed by atoms with Gasteiger partial charge in [-0.2, -0.15) is 0 Å². The van der Waals surface area contributed by atoms with E-state index in [1.165, 1.54) is 6.07 Å². The highest BCUT2D eigenvalue weighted by atomic mass is 19.1. The van der Waals surface area contributed by atoms with Gasteiger partial charge in [-0.1, -0.05) is 43.7 Å². The number of benzene rings is 2. The Bertz CT molecular complexity index is 613. The van der Waals surface area contributed by atoms with Crippen LogP contribution in [0.2, 0.25) is 0 Å². The third-order valence-corrected chi connectivity index (χ3v) is 3.28. The number of amides is 1. The summed E-state index contributed by atoms with van der Waals surface area (Å²) in [5.41, 5.74) is 0.887. The van der Waals surface area contributed by atoms with Crippen LogP contribution in [0.3, 0.4) is 0 Å². The van der Waals surface area contributed by atoms with Crippen molar-refractivity contribution in [3.05, 3.63) is 65.7 Å². The van der Waals surface area contributed by atoms with Crippen LogP contribution in [0.25, 0.3) is 0 Å². The normalized spacial score (nSPS) is 12.0. The van der Waals surface area contributed by atoms with Crippen molar-refractivity contribution in [1.29, 1.82) is 0 Å². The Kier molecular flexibility index (Phi) is 5.04. The second-order valence-corrected chi connectivity index (χ2v) is 4.87. The molecule has 0 saturated carbocycles. The molecule has 0 aliphatic rings. The first-order valence-corrected chi connectivity index (χ1v) is 6.92. The number of anilines is 1. The molecule has 1 N–H and O–H groups in total. The molecule has 0 saturated heterocycles. The number of hydrogen-bond acceptors (Lipinski definition) is 1. The van der Waals surface area contributed by atoms with Crippen LogP contribution in [0, 0.1) is 11.6 Å². The fourth-order valence-corrected chi connectivity index (χ4v) is 2.23. The third kappa shape index (κ3) is 3.88. The predicted molar refractivity (Wildman–Crippen MR) is 79.1 cm³/mol. The van der Waals surface area contributed by atoms with Crippen LogP contribution in [0.15, 0.2) is 48.5 Å². The maximum absolute atomic E-state index is 13.6. The average Bonchev–Trinajstić information content (AvgIpc) is 2.48. The summed E-state index contributed by atoms with van der Waals surface area (Å²) in [6, 6.07) is 12.5. The van der Waals surface area contributed by atoms with E-state index < -0.39 is 11.6 Å². The van der Waals surface area contributed by atoms with E-state index >= 15 is 0 Å². The number of nitrogens with one attached hydrogen (secondary N) is 1. The van der Waals surface area contributed by atoms with Gasteiger partial charge in [0.15, 0.2) is 0 Å². The molecule has 1 atom stereocenters. The molecule has 0 aliphatic carbocycles. The van der Waals surface area contributed by atoms with Gasteiger partial charge in [0.05, 0.1) is 11.6 Å². The van der Waals surface area contributed by atoms with E-state index in [1.54, 1.807) is 0 Å². The quantitative estimate of drug-likeness (QED) is 0.863. The molecule has 0 heterocycles. The maximum Gasteiger partial charge on any atom is 0.231 e. The highest BCUT2D eigenvalue weighted by Gasteiger charge is 2.20. The molecule has 110 valence electrons. The van der Waals surface area contributed by atoms with Gasteiger partial charge in [-0.3, -0.25) is 4.79 Å². The summed E-state index contributed by atoms with van der Waals surface area (Å²) < 4.78 is 26.5. The van der Waals surface area contributed by atoms with Crippen molar-refractivity contribution in [2.24, 2.45) is 0 Å². The van der Waals surface area contributed by atoms with Gasteiger partial charge in [-0.05, 0) is 24.1 Å². The molecule has 2 aromatic carbocycles. The van der Waals surface area contributed by atoms with E-state index in [0.29, 0.717) is 6.42 Å². The van der Waals surface area contributed by atoms with Crippen molar-refractivity contribution < 1.29 is 13.6 Å². The Morgan fingerprint density at radius 1 is 1.14 bits per heavy atom. The largest absolute Gasteiger partial charge is 0.323 e. The topological polar surface area (TPSA) is 29.1 Å². The van der Waals surface area contributed by atoms with Crippen molar-refractivity contribution in [3.63, 3.8) is 0 Å². The molecule has 0 bridgehead atoms. The van der Waals surface area contributed by atoms with Crippen LogP contribution in [0.5, 0.6) is 0 Å². The number of rotatable bonds is 5. The predicted octanol–water partition coefficient (Wildman–Crippen LogP) is 4.49. The number of halogens is 2. The zero-order valence-corrected chi connectivity index (χ0v) is 11.8. The van der Waals surface area contributed by atoms with Crippen LogP contribution < -0.4 is 5.32 Å². The second-order valence-electron chi connectivity index (χ2n) is 4.87. The van der Waals surface area contributed by atoms with Crippen LogP contribution >= 0.6 is 0 Å². The van der Waals surface area contributed by atoms with Crippen molar-refractivity contribution in [2.45, 2.75) is 25.7 Å². The Morgan fingerprint density at radius 3 is 2.48 bits per heavy atom. The molecule has 2 aromatic rings. The van der Waals surface area contributed by atoms with Gasteiger partial charge in [-0.15, -0.1) is 0 Å². The molecule has 2 nitrogen and oxygen atoms in total. The standard InChI is InChI=1S/C17H17F2NO/c1-2-6-14(12-7-4-3-5-8-12)17(21)20-16-10-9-13(18)11-15(16)19/h3-5,7-11,14H,2,6H2,1H3,(H,20,21). The van der Waals surface area contributed by atoms with E-state index in [1.807, 2.05) is 37.3 Å². The number of hydrogen-bond donors (Lipinski definition) is 1. The first-order valence-electron chi connectivity index (χ1n) is 6.92. The summed E-state index contributed by atoms with van der Waals surface area (Å²) in [6.07, 6.45) is 1.50. The Balaban J connectivity index is 2.19. The Labute approximate surface area is 122 Å². The van der Waals surface area contributed by atoms with Crippen molar-refractivity contribution >= 4 is 11.6 Å². The van der Waals surface area contributed by atoms with Crippen LogP contribution in [0.1, 0.15) is 31.2 Å². The second kappa shape index (κ2) is 6.97. The molecule has 2 rings (SSSR count). The Hall–Kier alpha value is -2.23. The lowest BCUT2D eigenvalue weighted by Crippen LogP contribution is -2.21. The minimum atomic E-state index is -0.772. The fraction of sp³-hybridized carbons (Fsp3) is 0.235. The zero-order chi connectivity index (χ0) is 15.2. The number of carbonyl (C=O) groups excluding carboxylic acids is 1. The first kappa shape index (κ1) is 15.2. The molecule has 0 aromatic heterocycles. The van der Waals surface area contributed by atoms with Crippen molar-refractivity contribution in [1.82, 2.24) is 0 Å². The van der Waals surface area contributed by atoms with Gasteiger partial charge in [0.2, 0.25) is 5.91 Å². The molecule has 4 heteroatoms. The summed E-state index contributed by atoms with van der Waals surface area (Å²) >= 11 is 0. The van der Waals surface area contributed by atoms with Gasteiger partial charge in [0.25, 0.3) is 0 Å². The van der Waals surface area contributed by atoms with Crippen LogP contribution in [0.4, 0.5) is 14.5 Å². The van der Waals surface area contributed by atoms with Crippen molar-refractivity contribution in [2.75, 3.05) is 5.32 Å². The highest BCUT2D eigenvalue weighted by Crippen LogP contribution is 2.24. The lowest BCUT2D eigenvalue weighted by molar-refractivity contribution is -0.117. The molecule has 0 spiro atoms. The number of carbonyl (C=O) groups is 1. The van der Waals surface area contributed by atoms with Crippen LogP contribution in [-0.2, 0) is 4.79 Å². The molecule has 0 radical (unpaired) electrons. The van der Waals surface area contributed by atoms with E-state index in [-0.39, 0.29) is 17.5 Å². The highest BCUT2D eigenvalue weighted by molar-refractivity contribution is 5.95. The zero-order valence-electron chi connectivity index (χ0n) is 11.8. The molecular weight excluding hydrogens is 272 g/mol. The molecule has 0 fully saturated rings. The van der Waals surface area contributed by atoms with Crippen LogP contribution in [-0.4, -0.2) is 5.91 Å². The van der Waals surface area contributed by atoms with Gasteiger partial charge >= 0.3 is 0 Å². The summed E-state index contributed by atoms with van der Waals surface area (Å²) in [5.74, 6) is -2.07. The third-order valence-electron chi connectivity index (χ3n) is 3.28. The van der Waals surface area contributed by atoms with E-state index in [0.717, 1.165) is 24.1 Å². The first-order chi connectivity index (χ1) is 10.1.